The number of sulfone groups is 4. The molecule has 0 heterocycles. The standard InChI is InChI=1S/C19H24F3NO4S.C17H29NO3S.C17H25NO3S.C10H9BrF3NO3S.C10H9BrF3NOS.C9H16O.2C2H6O.C2H6.CH2O3.2K.H/c1-3-9-18(25,10-4-2)11-8-15-6-5-7-16(14-15)28(26,27)13-12-23-17(24)19(20,21)22;2*1-3-9-17(19,10-4-2)11-8-15-6-5-7-16(14-15)22(20,21)13-12-18;11-7-2-1-3-8(6-7)19(17,18)5-4-15-9(16)10(12,13)14;11-7-2-1-3-8(6-7)17-5-4-15-9(16)10(12,13)14;1-4-7-9(10,6-3)8-5-2;2*1-2-3;1-2;2-1-4-3;;;/h5-7,14,25H,3-4,9-10,12-13H2,1-2H3,(H,23,24);5-7,14,19H,3-4,8-13,18H2,1-2H3;5-7,14,19H,3-4,9-10,12-13,18H2,1-2H3;1-3,6H,4-5H2,(H,15,16);1-3,6H,4-5H2,(H,15,16);3,10H,4-5,7-8H2,1-2H3;2*3H,2H2,1H3;1-2H3;1,3H;;;/q;;;;;;;;;;2*+1;-1/p-1. The largest absolute Gasteiger partial charge is 1.00 e. The minimum absolute atomic E-state index is 0. The molecule has 0 aliphatic heterocycles. The number of benzene rings is 5. The number of hydrogen-bond donors (Lipinski definition) is 11. The smallest absolute Gasteiger partial charge is 1.00 e. The van der Waals surface area contributed by atoms with Crippen molar-refractivity contribution >= 4 is 107 Å². The van der Waals surface area contributed by atoms with Gasteiger partial charge in [0.2, 0.25) is 0 Å². The van der Waals surface area contributed by atoms with E-state index in [9.17, 15) is 108 Å². The Morgan fingerprint density at radius 1 is 0.462 bits per heavy atom. The molecule has 5 aromatic rings. The third kappa shape index (κ3) is 67.4. The molecular weight excluding hydrogens is 2030 g/mol. The van der Waals surface area contributed by atoms with Crippen LogP contribution in [0.25, 0.3) is 0 Å². The zero-order valence-electron chi connectivity index (χ0n) is 78.7. The average Bonchev–Trinajstić information content (AvgIpc) is 0.847. The zero-order chi connectivity index (χ0) is 101. The van der Waals surface area contributed by atoms with Gasteiger partial charge in [-0.25, -0.2) is 33.7 Å². The molecule has 43 heteroatoms. The quantitative estimate of drug-likeness (QED) is 0.00259. The first-order chi connectivity index (χ1) is 60.6. The fourth-order valence-electron chi connectivity index (χ4n) is 11.0. The van der Waals surface area contributed by atoms with E-state index in [2.05, 4.69) is 80.2 Å². The van der Waals surface area contributed by atoms with Crippen LogP contribution in [-0.4, -0.2) is 204 Å². The molecule has 13 N–H and O–H groups in total. The Bertz CT molecular complexity index is 4680. The fraction of sp³-hybridized carbons (Fsp3) is 0.551. The van der Waals surface area contributed by atoms with Crippen LogP contribution < -0.4 is 135 Å². The van der Waals surface area contributed by atoms with E-state index in [-0.39, 0.29) is 170 Å². The van der Waals surface area contributed by atoms with Crippen molar-refractivity contribution in [1.29, 1.82) is 0 Å². The molecule has 0 aromatic heterocycles. The van der Waals surface area contributed by atoms with Crippen molar-refractivity contribution in [3.05, 3.63) is 147 Å². The van der Waals surface area contributed by atoms with Crippen LogP contribution in [0.1, 0.15) is 210 Å². The minimum atomic E-state index is -5.06. The van der Waals surface area contributed by atoms with E-state index in [1.54, 1.807) is 62.4 Å². The first-order valence-electron chi connectivity index (χ1n) is 41.8. The Morgan fingerprint density at radius 2 is 0.750 bits per heavy atom. The maximum atomic E-state index is 12.3. The van der Waals surface area contributed by atoms with Gasteiger partial charge in [0, 0.05) is 76.7 Å². The number of thioether (sulfide) groups is 1. The van der Waals surface area contributed by atoms with Crippen LogP contribution in [0.3, 0.4) is 0 Å². The maximum absolute atomic E-state index is 12.3. The van der Waals surface area contributed by atoms with Crippen molar-refractivity contribution in [2.24, 2.45) is 11.5 Å². The van der Waals surface area contributed by atoms with Gasteiger partial charge in [-0.1, -0.05) is 218 Å². The topological polar surface area (TPSA) is 447 Å². The summed E-state index contributed by atoms with van der Waals surface area (Å²) >= 11 is 7.75. The van der Waals surface area contributed by atoms with Crippen molar-refractivity contribution in [1.82, 2.24) is 16.0 Å². The number of aryl methyl sites for hydroxylation is 1. The van der Waals surface area contributed by atoms with Gasteiger partial charge in [-0.3, -0.25) is 19.2 Å². The molecule has 5 aromatic carbocycles. The van der Waals surface area contributed by atoms with Crippen molar-refractivity contribution < 1.29 is 237 Å². The molecular formula is C89H132Br2F9K2N5O20S5. The maximum Gasteiger partial charge on any atom is 1.00 e. The Kier molecular flexibility index (Phi) is 82.2. The van der Waals surface area contributed by atoms with Gasteiger partial charge in [-0.05, 0) is 169 Å². The van der Waals surface area contributed by atoms with E-state index in [1.807, 2.05) is 91.0 Å². The number of terminal acetylenes is 1. The molecule has 0 aliphatic carbocycles. The zero-order valence-corrected chi connectivity index (χ0v) is 91.2. The summed E-state index contributed by atoms with van der Waals surface area (Å²) in [5, 5.41) is 69.6. The molecule has 5 rings (SSSR count). The predicted molar refractivity (Wildman–Crippen MR) is 497 cm³/mol. The van der Waals surface area contributed by atoms with Crippen LogP contribution in [0.2, 0.25) is 0 Å². The van der Waals surface area contributed by atoms with E-state index < -0.39 is 123 Å². The Labute approximate surface area is 883 Å². The minimum Gasteiger partial charge on any atom is -1.00 e. The van der Waals surface area contributed by atoms with Gasteiger partial charge < -0.3 is 69.6 Å². The number of aliphatic hydroxyl groups is 6. The van der Waals surface area contributed by atoms with Gasteiger partial charge in [0.15, 0.2) is 39.3 Å². The van der Waals surface area contributed by atoms with E-state index >= 15 is 0 Å². The third-order valence-corrected chi connectivity index (χ3v) is 25.5. The summed E-state index contributed by atoms with van der Waals surface area (Å²) in [5.74, 6) is 6.58. The number of hydrogen-bond acceptors (Lipinski definition) is 23. The van der Waals surface area contributed by atoms with Gasteiger partial charge in [-0.2, -0.15) is 39.5 Å². The van der Waals surface area contributed by atoms with Crippen molar-refractivity contribution in [2.45, 2.75) is 264 Å². The Morgan fingerprint density at radius 3 is 1.05 bits per heavy atom. The number of halogens is 11. The number of rotatable bonds is 38. The molecule has 0 aliphatic rings. The third-order valence-electron chi connectivity index (χ3n) is 16.6. The number of carbonyl (C=O) groups excluding carboxylic acids is 4. The second-order valence-corrected chi connectivity index (χ2v) is 39.3. The van der Waals surface area contributed by atoms with Gasteiger partial charge in [0.05, 0.1) is 48.2 Å². The number of amides is 3. The summed E-state index contributed by atoms with van der Waals surface area (Å²) in [6.45, 7) is 22.7. The summed E-state index contributed by atoms with van der Waals surface area (Å²) < 4.78 is 205. The summed E-state index contributed by atoms with van der Waals surface area (Å²) in [6, 6.07) is 32.3. The normalized spacial score (nSPS) is 11.2. The number of carbonyl (C=O) groups is 4. The summed E-state index contributed by atoms with van der Waals surface area (Å²) in [6.07, 6.45) is 3.80. The molecule has 0 fully saturated rings. The van der Waals surface area contributed by atoms with Gasteiger partial charge in [0.1, 0.15) is 16.8 Å². The Balaban J connectivity index is -0.000000231. The van der Waals surface area contributed by atoms with Crippen LogP contribution in [0.4, 0.5) is 39.5 Å². The average molecular weight is 2160 g/mol. The summed E-state index contributed by atoms with van der Waals surface area (Å²) in [5.41, 5.74) is 8.96. The summed E-state index contributed by atoms with van der Waals surface area (Å²) in [4.78, 5) is 44.3. The van der Waals surface area contributed by atoms with E-state index in [1.165, 1.54) is 64.9 Å². The molecule has 0 saturated heterocycles. The second-order valence-electron chi connectivity index (χ2n) is 27.9. The molecule has 0 unspecified atom stereocenters. The molecule has 0 bridgehead atoms. The second kappa shape index (κ2) is 76.9. The number of aliphatic hydroxyl groups excluding tert-OH is 2. The molecule has 742 valence electrons. The Hall–Kier alpha value is -3.95. The number of alkyl halides is 9. The van der Waals surface area contributed by atoms with E-state index in [0.717, 1.165) is 92.0 Å². The monoisotopic (exact) mass is 2160 g/mol. The van der Waals surface area contributed by atoms with E-state index in [4.69, 9.17) is 38.2 Å². The van der Waals surface area contributed by atoms with Crippen molar-refractivity contribution in [3.63, 3.8) is 0 Å². The van der Waals surface area contributed by atoms with Crippen LogP contribution in [0.15, 0.2) is 155 Å². The van der Waals surface area contributed by atoms with Crippen LogP contribution in [0, 0.1) is 36.0 Å². The number of nitrogens with one attached hydrogen (secondary N) is 3. The SMILES string of the molecule is C#CC(O)(CCC)CCC.CC.CCCC(O)(C#Cc1cccc(S(=O)(=O)CCN)c1)CCC.CCCC(O)(C#Cc1cccc(S(=O)(=O)CCNC(=O)C(F)(F)F)c1)CCC.CCCC(O)(CCC)CCc1cccc(S(=O)(=O)CCN)c1.CCO.CCO.O=C(NCCS(=O)(=O)c1cccc(Br)c1)C(F)(F)F.O=C(NCCSc1cccc(Br)c1)C(F)(F)F.O=CO[O-].[H-].[K+].[K+]. The molecule has 0 spiro atoms. The molecule has 3 amide bonds. The first-order valence-corrected chi connectivity index (χ1v) is 51.0. The van der Waals surface area contributed by atoms with Gasteiger partial charge in [-0.15, -0.1) is 18.2 Å². The number of nitrogens with two attached hydrogens (primary N) is 2. The molecule has 132 heavy (non-hydrogen) atoms. The van der Waals surface area contributed by atoms with Gasteiger partial charge in [0.25, 0.3) is 6.47 Å². The predicted octanol–water partition coefficient (Wildman–Crippen LogP) is 8.26. The van der Waals surface area contributed by atoms with Gasteiger partial charge >= 0.3 is 139 Å². The molecule has 0 atom stereocenters. The van der Waals surface area contributed by atoms with E-state index in [0.29, 0.717) is 64.8 Å². The van der Waals surface area contributed by atoms with Crippen LogP contribution in [0.5, 0.6) is 0 Å². The molecule has 25 nitrogen and oxygen atoms in total. The van der Waals surface area contributed by atoms with Crippen molar-refractivity contribution in [2.75, 3.05) is 74.7 Å². The first kappa shape index (κ1) is 141. The molecule has 0 saturated carbocycles. The molecule has 0 radical (unpaired) electrons. The van der Waals surface area contributed by atoms with Crippen molar-refractivity contribution in [3.8, 4) is 36.0 Å². The fourth-order valence-corrected chi connectivity index (χ4v) is 17.6. The summed E-state index contributed by atoms with van der Waals surface area (Å²) in [7, 11) is -14.3. The van der Waals surface area contributed by atoms with Crippen LogP contribution in [-0.2, 0) is 69.8 Å². The van der Waals surface area contributed by atoms with Crippen LogP contribution >= 0.6 is 43.6 Å².